The van der Waals surface area contributed by atoms with Gasteiger partial charge in [0.25, 0.3) is 0 Å². The van der Waals surface area contributed by atoms with Crippen LogP contribution in [0.25, 0.3) is 10.9 Å². The molecule has 1 aromatic heterocycles. The lowest BCUT2D eigenvalue weighted by molar-refractivity contribution is -0.143. The summed E-state index contributed by atoms with van der Waals surface area (Å²) in [5, 5.41) is 0.570. The van der Waals surface area contributed by atoms with Crippen LogP contribution in [0.5, 0.6) is 0 Å². The first-order valence-electron chi connectivity index (χ1n) is 6.35. The molecule has 1 heterocycles. The van der Waals surface area contributed by atoms with E-state index in [1.165, 1.54) is 10.6 Å². The van der Waals surface area contributed by atoms with Crippen molar-refractivity contribution >= 4 is 26.8 Å². The Labute approximate surface area is 128 Å². The Morgan fingerprint density at radius 1 is 0.952 bits per heavy atom. The highest BCUT2D eigenvalue weighted by Crippen LogP contribution is 2.36. The van der Waals surface area contributed by atoms with Crippen molar-refractivity contribution in [3.8, 4) is 0 Å². The zero-order valence-corrected chi connectivity index (χ0v) is 12.4. The summed E-state index contributed by atoms with van der Waals surface area (Å²) in [4.78, 5) is 0. The summed E-state index contributed by atoms with van der Waals surface area (Å²) >= 11 is 3.32. The van der Waals surface area contributed by atoms with Gasteiger partial charge in [-0.05, 0) is 23.8 Å². The van der Waals surface area contributed by atoms with Crippen molar-refractivity contribution in [2.75, 3.05) is 0 Å². The number of nitrogens with zero attached hydrogens (tertiary/aromatic N) is 1. The van der Waals surface area contributed by atoms with E-state index < -0.39 is 11.9 Å². The molecule has 0 saturated carbocycles. The van der Waals surface area contributed by atoms with Crippen LogP contribution in [0.15, 0.2) is 59.1 Å². The molecule has 0 radical (unpaired) electrons. The maximum Gasteiger partial charge on any atom is 0.431 e. The molecule has 0 N–H and O–H groups in total. The molecule has 0 aliphatic heterocycles. The number of rotatable bonds is 2. The maximum atomic E-state index is 13.3. The third-order valence-electron chi connectivity index (χ3n) is 3.37. The van der Waals surface area contributed by atoms with Crippen molar-refractivity contribution in [2.24, 2.45) is 0 Å². The smallest absolute Gasteiger partial charge is 0.332 e. The molecular formula is C16H11BrF3N. The van der Waals surface area contributed by atoms with Gasteiger partial charge in [-0.15, -0.1) is 0 Å². The fraction of sp³-hybridized carbons (Fsp3) is 0.125. The van der Waals surface area contributed by atoms with Crippen molar-refractivity contribution in [3.63, 3.8) is 0 Å². The van der Waals surface area contributed by atoms with Crippen LogP contribution in [-0.4, -0.2) is 4.57 Å². The van der Waals surface area contributed by atoms with Crippen molar-refractivity contribution in [3.05, 3.63) is 70.3 Å². The second kappa shape index (κ2) is 5.22. The third-order valence-corrected chi connectivity index (χ3v) is 4.06. The number of hydrogen-bond acceptors (Lipinski definition) is 0. The van der Waals surface area contributed by atoms with Gasteiger partial charge in [-0.3, -0.25) is 0 Å². The van der Waals surface area contributed by atoms with Gasteiger partial charge >= 0.3 is 6.18 Å². The highest BCUT2D eigenvalue weighted by atomic mass is 79.9. The number of aromatic nitrogens is 1. The molecule has 2 aromatic carbocycles. The second-order valence-corrected chi connectivity index (χ2v) is 5.63. The summed E-state index contributed by atoms with van der Waals surface area (Å²) < 4.78 is 41.8. The SMILES string of the molecule is FC(F)(F)c1cc2c(Br)cccc2n1Cc1ccccc1. The Morgan fingerprint density at radius 2 is 1.67 bits per heavy atom. The van der Waals surface area contributed by atoms with Crippen molar-refractivity contribution in [1.82, 2.24) is 4.57 Å². The minimum absolute atomic E-state index is 0.190. The predicted octanol–water partition coefficient (Wildman–Crippen LogP) is 5.47. The van der Waals surface area contributed by atoms with Crippen molar-refractivity contribution < 1.29 is 13.2 Å². The van der Waals surface area contributed by atoms with Crippen LogP contribution in [0, 0.1) is 0 Å². The van der Waals surface area contributed by atoms with Gasteiger partial charge in [0, 0.05) is 21.9 Å². The third kappa shape index (κ3) is 2.70. The van der Waals surface area contributed by atoms with Crippen LogP contribution < -0.4 is 0 Å². The average molecular weight is 354 g/mol. The Morgan fingerprint density at radius 3 is 2.33 bits per heavy atom. The summed E-state index contributed by atoms with van der Waals surface area (Å²) in [6, 6.07) is 15.5. The van der Waals surface area contributed by atoms with E-state index in [9.17, 15) is 13.2 Å². The Balaban J connectivity index is 2.21. The summed E-state index contributed by atoms with van der Waals surface area (Å²) in [7, 11) is 0. The second-order valence-electron chi connectivity index (χ2n) is 4.77. The molecule has 3 aromatic rings. The molecule has 21 heavy (non-hydrogen) atoms. The van der Waals surface area contributed by atoms with E-state index in [2.05, 4.69) is 15.9 Å². The first-order valence-corrected chi connectivity index (χ1v) is 7.15. The molecule has 5 heteroatoms. The number of fused-ring (bicyclic) bond motifs is 1. The van der Waals surface area contributed by atoms with Crippen LogP contribution in [-0.2, 0) is 12.7 Å². The molecule has 3 rings (SSSR count). The van der Waals surface area contributed by atoms with Crippen molar-refractivity contribution in [1.29, 1.82) is 0 Å². The largest absolute Gasteiger partial charge is 0.431 e. The molecule has 0 aliphatic carbocycles. The topological polar surface area (TPSA) is 4.93 Å². The molecule has 0 unspecified atom stereocenters. The normalized spacial score (nSPS) is 12.0. The highest BCUT2D eigenvalue weighted by Gasteiger charge is 2.35. The number of halogens is 4. The quantitative estimate of drug-likeness (QED) is 0.575. The number of hydrogen-bond donors (Lipinski definition) is 0. The van der Waals surface area contributed by atoms with E-state index in [-0.39, 0.29) is 6.54 Å². The van der Waals surface area contributed by atoms with Gasteiger partial charge in [0.05, 0.1) is 0 Å². The molecule has 0 aliphatic rings. The molecule has 0 saturated heterocycles. The van der Waals surface area contributed by atoms with Gasteiger partial charge in [0.1, 0.15) is 5.69 Å². The summed E-state index contributed by atoms with van der Waals surface area (Å²) in [6.45, 7) is 0.190. The Kier molecular flexibility index (Phi) is 3.53. The highest BCUT2D eigenvalue weighted by molar-refractivity contribution is 9.10. The molecule has 108 valence electrons. The molecule has 1 nitrogen and oxygen atoms in total. The lowest BCUT2D eigenvalue weighted by atomic mass is 10.2. The van der Waals surface area contributed by atoms with E-state index in [0.29, 0.717) is 15.4 Å². The van der Waals surface area contributed by atoms with Crippen LogP contribution in [0.4, 0.5) is 13.2 Å². The van der Waals surface area contributed by atoms with E-state index in [1.807, 2.05) is 30.3 Å². The first-order chi connectivity index (χ1) is 9.97. The van der Waals surface area contributed by atoms with Gasteiger partial charge in [-0.2, -0.15) is 13.2 Å². The maximum absolute atomic E-state index is 13.3. The summed E-state index contributed by atoms with van der Waals surface area (Å²) in [5.74, 6) is 0. The fourth-order valence-corrected chi connectivity index (χ4v) is 2.89. The summed E-state index contributed by atoms with van der Waals surface area (Å²) in [6.07, 6.45) is -4.38. The van der Waals surface area contributed by atoms with Gasteiger partial charge < -0.3 is 4.57 Å². The Hall–Kier alpha value is -1.75. The molecular weight excluding hydrogens is 343 g/mol. The zero-order valence-electron chi connectivity index (χ0n) is 10.9. The van der Waals surface area contributed by atoms with Crippen LogP contribution in [0.3, 0.4) is 0 Å². The first kappa shape index (κ1) is 14.2. The number of benzene rings is 2. The monoisotopic (exact) mass is 353 g/mol. The van der Waals surface area contributed by atoms with Crippen LogP contribution >= 0.6 is 15.9 Å². The molecule has 0 fully saturated rings. The fourth-order valence-electron chi connectivity index (χ4n) is 2.42. The lowest BCUT2D eigenvalue weighted by Crippen LogP contribution is -2.14. The standard InChI is InChI=1S/C16H11BrF3N/c17-13-7-4-8-14-12(13)9-15(16(18,19)20)21(14)10-11-5-2-1-3-6-11/h1-9H,10H2. The van der Waals surface area contributed by atoms with Gasteiger partial charge in [0.2, 0.25) is 0 Å². The van der Waals surface area contributed by atoms with Gasteiger partial charge in [0.15, 0.2) is 0 Å². The minimum atomic E-state index is -4.38. The lowest BCUT2D eigenvalue weighted by Gasteiger charge is -2.13. The van der Waals surface area contributed by atoms with Crippen LogP contribution in [0.2, 0.25) is 0 Å². The zero-order chi connectivity index (χ0) is 15.0. The molecule has 0 atom stereocenters. The van der Waals surface area contributed by atoms with Gasteiger partial charge in [-0.1, -0.05) is 52.3 Å². The molecule has 0 spiro atoms. The van der Waals surface area contributed by atoms with E-state index in [0.717, 1.165) is 5.56 Å². The van der Waals surface area contributed by atoms with Crippen molar-refractivity contribution in [2.45, 2.75) is 12.7 Å². The molecule has 0 bridgehead atoms. The minimum Gasteiger partial charge on any atom is -0.332 e. The van der Waals surface area contributed by atoms with Crippen LogP contribution in [0.1, 0.15) is 11.3 Å². The number of alkyl halides is 3. The van der Waals surface area contributed by atoms with Gasteiger partial charge in [-0.25, -0.2) is 0 Å². The Bertz CT molecular complexity index is 775. The predicted molar refractivity (Wildman–Crippen MR) is 80.2 cm³/mol. The van der Waals surface area contributed by atoms with E-state index in [4.69, 9.17) is 0 Å². The van der Waals surface area contributed by atoms with E-state index >= 15 is 0 Å². The van der Waals surface area contributed by atoms with E-state index in [1.54, 1.807) is 18.2 Å². The summed E-state index contributed by atoms with van der Waals surface area (Å²) in [5.41, 5.74) is 0.772. The average Bonchev–Trinajstić information content (AvgIpc) is 2.80. The molecule has 0 amide bonds.